The van der Waals surface area contributed by atoms with Crippen LogP contribution in [0.3, 0.4) is 0 Å². The van der Waals surface area contributed by atoms with Gasteiger partial charge in [0, 0.05) is 11.6 Å². The highest BCUT2D eigenvalue weighted by atomic mass is 16.5. The van der Waals surface area contributed by atoms with Crippen LogP contribution in [-0.2, 0) is 0 Å². The van der Waals surface area contributed by atoms with E-state index in [4.69, 9.17) is 13.7 Å². The van der Waals surface area contributed by atoms with Gasteiger partial charge in [-0.25, -0.2) is 0 Å². The standard InChI is InChI=1S/C22H16N2O5/c1-12-11-17(23-29-12)24-19(13-7-3-5-9-15(13)27-2)18-20(25)14-8-4-6-10-16(14)28-21(18)22(24)26/h3-11,19H,1-2H3. The minimum Gasteiger partial charge on any atom is -0.496 e. The molecule has 2 aromatic carbocycles. The van der Waals surface area contributed by atoms with Crippen molar-refractivity contribution in [2.24, 2.45) is 0 Å². The molecule has 1 aliphatic rings. The van der Waals surface area contributed by atoms with Crippen LogP contribution in [0.2, 0.25) is 0 Å². The monoisotopic (exact) mass is 388 g/mol. The zero-order chi connectivity index (χ0) is 20.1. The lowest BCUT2D eigenvalue weighted by Gasteiger charge is -2.23. The highest BCUT2D eigenvalue weighted by Gasteiger charge is 2.45. The number of hydrogen-bond donors (Lipinski definition) is 0. The van der Waals surface area contributed by atoms with Crippen molar-refractivity contribution in [3.8, 4) is 5.75 Å². The molecule has 1 atom stereocenters. The van der Waals surface area contributed by atoms with Crippen molar-refractivity contribution in [1.82, 2.24) is 5.16 Å². The van der Waals surface area contributed by atoms with E-state index >= 15 is 0 Å². The molecule has 1 unspecified atom stereocenters. The summed E-state index contributed by atoms with van der Waals surface area (Å²) in [7, 11) is 1.55. The Hall–Kier alpha value is -3.87. The number of rotatable bonds is 3. The van der Waals surface area contributed by atoms with Gasteiger partial charge in [-0.1, -0.05) is 35.5 Å². The molecule has 0 saturated heterocycles. The number of aryl methyl sites for hydroxylation is 1. The average Bonchev–Trinajstić information content (AvgIpc) is 3.29. The molecule has 4 aromatic rings. The number of carbonyl (C=O) groups is 1. The maximum atomic E-state index is 13.4. The maximum Gasteiger partial charge on any atom is 0.296 e. The lowest BCUT2D eigenvalue weighted by Crippen LogP contribution is -2.30. The van der Waals surface area contributed by atoms with Gasteiger partial charge in [0.05, 0.1) is 18.1 Å². The van der Waals surface area contributed by atoms with E-state index in [0.29, 0.717) is 33.9 Å². The lowest BCUT2D eigenvalue weighted by molar-refractivity contribution is 0.0969. The summed E-state index contributed by atoms with van der Waals surface area (Å²) in [4.78, 5) is 28.2. The molecule has 7 nitrogen and oxygen atoms in total. The van der Waals surface area contributed by atoms with Crippen molar-refractivity contribution in [2.75, 3.05) is 12.0 Å². The quantitative estimate of drug-likeness (QED) is 0.530. The average molecular weight is 388 g/mol. The van der Waals surface area contributed by atoms with E-state index in [1.807, 2.05) is 18.2 Å². The van der Waals surface area contributed by atoms with Gasteiger partial charge >= 0.3 is 0 Å². The van der Waals surface area contributed by atoms with Gasteiger partial charge in [-0.05, 0) is 25.1 Å². The second-order valence-corrected chi connectivity index (χ2v) is 6.79. The number of fused-ring (bicyclic) bond motifs is 2. The molecule has 0 aliphatic carbocycles. The van der Waals surface area contributed by atoms with Crippen molar-refractivity contribution in [1.29, 1.82) is 0 Å². The predicted molar refractivity (Wildman–Crippen MR) is 105 cm³/mol. The van der Waals surface area contributed by atoms with Gasteiger partial charge in [0.15, 0.2) is 11.2 Å². The Labute approximate surface area is 165 Å². The Kier molecular flexibility index (Phi) is 3.77. The third kappa shape index (κ3) is 2.47. The first-order valence-electron chi connectivity index (χ1n) is 9.05. The van der Waals surface area contributed by atoms with Gasteiger partial charge in [-0.3, -0.25) is 14.5 Å². The molecule has 0 N–H and O–H groups in total. The van der Waals surface area contributed by atoms with Crippen molar-refractivity contribution >= 4 is 22.7 Å². The molecule has 1 amide bonds. The molecule has 0 saturated carbocycles. The van der Waals surface area contributed by atoms with E-state index in [-0.39, 0.29) is 16.8 Å². The highest BCUT2D eigenvalue weighted by Crippen LogP contribution is 2.43. The van der Waals surface area contributed by atoms with Gasteiger partial charge < -0.3 is 13.7 Å². The molecule has 7 heteroatoms. The fraction of sp³-hybridized carbons (Fsp3) is 0.136. The number of nitrogens with zero attached hydrogens (tertiary/aromatic N) is 2. The molecule has 3 heterocycles. The van der Waals surface area contributed by atoms with E-state index in [1.165, 1.54) is 4.90 Å². The number of ether oxygens (including phenoxy) is 1. The van der Waals surface area contributed by atoms with Crippen molar-refractivity contribution in [3.63, 3.8) is 0 Å². The minimum atomic E-state index is -0.751. The SMILES string of the molecule is COc1ccccc1C1c2c(oc3ccccc3c2=O)C(=O)N1c1cc(C)on1. The minimum absolute atomic E-state index is 0.00487. The first kappa shape index (κ1) is 17.2. The second kappa shape index (κ2) is 6.34. The molecule has 144 valence electrons. The molecule has 1 aliphatic heterocycles. The smallest absolute Gasteiger partial charge is 0.296 e. The van der Waals surface area contributed by atoms with Crippen LogP contribution in [0.25, 0.3) is 11.0 Å². The van der Waals surface area contributed by atoms with Crippen molar-refractivity contribution in [2.45, 2.75) is 13.0 Å². The van der Waals surface area contributed by atoms with E-state index in [1.54, 1.807) is 50.4 Å². The maximum absolute atomic E-state index is 13.4. The Morgan fingerprint density at radius 2 is 1.83 bits per heavy atom. The third-order valence-electron chi connectivity index (χ3n) is 5.07. The third-order valence-corrected chi connectivity index (χ3v) is 5.07. The Balaban J connectivity index is 1.85. The predicted octanol–water partition coefficient (Wildman–Crippen LogP) is 3.85. The Morgan fingerprint density at radius 1 is 1.07 bits per heavy atom. The summed E-state index contributed by atoms with van der Waals surface area (Å²) in [5, 5.41) is 4.42. The Bertz CT molecular complexity index is 1320. The van der Waals surface area contributed by atoms with E-state index in [0.717, 1.165) is 0 Å². The summed E-state index contributed by atoms with van der Waals surface area (Å²) in [6.45, 7) is 1.74. The Morgan fingerprint density at radius 3 is 2.59 bits per heavy atom. The van der Waals surface area contributed by atoms with Crippen LogP contribution in [0.5, 0.6) is 5.75 Å². The lowest BCUT2D eigenvalue weighted by atomic mass is 9.97. The van der Waals surface area contributed by atoms with E-state index in [2.05, 4.69) is 5.16 Å². The number of benzene rings is 2. The van der Waals surface area contributed by atoms with Crippen LogP contribution in [-0.4, -0.2) is 18.2 Å². The van der Waals surface area contributed by atoms with Gasteiger partial charge in [0.25, 0.3) is 5.91 Å². The first-order chi connectivity index (χ1) is 14.1. The number of anilines is 1. The zero-order valence-electron chi connectivity index (χ0n) is 15.7. The van der Waals surface area contributed by atoms with Gasteiger partial charge in [0.1, 0.15) is 23.1 Å². The molecular formula is C22H16N2O5. The largest absolute Gasteiger partial charge is 0.496 e. The first-order valence-corrected chi connectivity index (χ1v) is 9.05. The summed E-state index contributed by atoms with van der Waals surface area (Å²) < 4.78 is 16.6. The summed E-state index contributed by atoms with van der Waals surface area (Å²) in [6.07, 6.45) is 0. The summed E-state index contributed by atoms with van der Waals surface area (Å²) >= 11 is 0. The molecule has 0 spiro atoms. The van der Waals surface area contributed by atoms with Crippen molar-refractivity contribution < 1.29 is 18.5 Å². The highest BCUT2D eigenvalue weighted by molar-refractivity contribution is 6.10. The van der Waals surface area contributed by atoms with Gasteiger partial charge in [-0.2, -0.15) is 0 Å². The van der Waals surface area contributed by atoms with Crippen LogP contribution >= 0.6 is 0 Å². The molecule has 29 heavy (non-hydrogen) atoms. The topological polar surface area (TPSA) is 85.8 Å². The fourth-order valence-corrected chi connectivity index (χ4v) is 3.81. The number of hydrogen-bond acceptors (Lipinski definition) is 6. The van der Waals surface area contributed by atoms with Crippen LogP contribution < -0.4 is 15.1 Å². The van der Waals surface area contributed by atoms with E-state index in [9.17, 15) is 9.59 Å². The number of methoxy groups -OCH3 is 1. The molecule has 0 fully saturated rings. The van der Waals surface area contributed by atoms with Crippen LogP contribution in [0, 0.1) is 6.92 Å². The summed E-state index contributed by atoms with van der Waals surface area (Å²) in [5.74, 6) is 0.957. The normalized spacial score (nSPS) is 15.7. The molecular weight excluding hydrogens is 372 g/mol. The number of aromatic nitrogens is 1. The summed E-state index contributed by atoms with van der Waals surface area (Å²) in [6, 6.07) is 15.0. The number of amides is 1. The molecule has 0 bridgehead atoms. The van der Waals surface area contributed by atoms with Crippen LogP contribution in [0.1, 0.15) is 33.5 Å². The van der Waals surface area contributed by atoms with Gasteiger partial charge in [-0.15, -0.1) is 0 Å². The van der Waals surface area contributed by atoms with Gasteiger partial charge in [0.2, 0.25) is 5.76 Å². The fourth-order valence-electron chi connectivity index (χ4n) is 3.81. The van der Waals surface area contributed by atoms with Crippen LogP contribution in [0.4, 0.5) is 5.82 Å². The number of carbonyl (C=O) groups excluding carboxylic acids is 1. The summed E-state index contributed by atoms with van der Waals surface area (Å²) in [5.41, 5.74) is 1.03. The molecule has 5 rings (SSSR count). The van der Waals surface area contributed by atoms with Crippen LogP contribution in [0.15, 0.2) is 68.3 Å². The molecule has 2 aromatic heterocycles. The number of para-hydroxylation sites is 2. The molecule has 0 radical (unpaired) electrons. The zero-order valence-corrected chi connectivity index (χ0v) is 15.7. The second-order valence-electron chi connectivity index (χ2n) is 6.79. The van der Waals surface area contributed by atoms with E-state index < -0.39 is 11.9 Å². The van der Waals surface area contributed by atoms with Crippen molar-refractivity contribution in [3.05, 3.63) is 87.5 Å².